The Bertz CT molecular complexity index is 497. The molecule has 0 aliphatic carbocycles. The standard InChI is InChI=1S/C14H21N3S2/c1-5-7-15-11(10-6-8-18-9-10)12-13(14(2,3)4)16-17-19-12/h6,8-9,11,15H,5,7H2,1-4H3. The highest BCUT2D eigenvalue weighted by atomic mass is 32.1. The van der Waals surface area contributed by atoms with Gasteiger partial charge in [0.25, 0.3) is 0 Å². The third-order valence-corrected chi connectivity index (χ3v) is 4.45. The minimum atomic E-state index is 0.0322. The average molecular weight is 295 g/mol. The van der Waals surface area contributed by atoms with Gasteiger partial charge < -0.3 is 5.32 Å². The zero-order valence-corrected chi connectivity index (χ0v) is 13.6. The second kappa shape index (κ2) is 6.11. The van der Waals surface area contributed by atoms with Crippen LogP contribution in [0.25, 0.3) is 0 Å². The fourth-order valence-electron chi connectivity index (χ4n) is 2.00. The van der Waals surface area contributed by atoms with Crippen LogP contribution >= 0.6 is 22.9 Å². The lowest BCUT2D eigenvalue weighted by Crippen LogP contribution is -2.25. The van der Waals surface area contributed by atoms with Gasteiger partial charge in [0, 0.05) is 5.41 Å². The highest BCUT2D eigenvalue weighted by Crippen LogP contribution is 2.34. The molecule has 0 radical (unpaired) electrons. The Kier molecular flexibility index (Phi) is 4.71. The zero-order valence-electron chi connectivity index (χ0n) is 11.9. The van der Waals surface area contributed by atoms with Crippen molar-refractivity contribution in [3.8, 4) is 0 Å². The summed E-state index contributed by atoms with van der Waals surface area (Å²) in [5.41, 5.74) is 2.46. The van der Waals surface area contributed by atoms with Crippen LogP contribution in [0.15, 0.2) is 16.8 Å². The molecular formula is C14H21N3S2. The van der Waals surface area contributed by atoms with Crippen molar-refractivity contribution in [2.45, 2.75) is 45.6 Å². The number of nitrogens with zero attached hydrogens (tertiary/aromatic N) is 2. The first-order chi connectivity index (χ1) is 9.04. The number of aromatic nitrogens is 2. The summed E-state index contributed by atoms with van der Waals surface area (Å²) in [7, 11) is 0. The third-order valence-electron chi connectivity index (χ3n) is 2.96. The Balaban J connectivity index is 2.36. The summed E-state index contributed by atoms with van der Waals surface area (Å²) in [6, 6.07) is 2.41. The Morgan fingerprint density at radius 3 is 2.74 bits per heavy atom. The van der Waals surface area contributed by atoms with E-state index in [0.717, 1.165) is 18.7 Å². The molecule has 2 rings (SSSR count). The van der Waals surface area contributed by atoms with E-state index in [1.165, 1.54) is 22.0 Å². The van der Waals surface area contributed by atoms with Crippen LogP contribution in [0, 0.1) is 0 Å². The zero-order chi connectivity index (χ0) is 13.9. The summed E-state index contributed by atoms with van der Waals surface area (Å²) < 4.78 is 4.18. The van der Waals surface area contributed by atoms with Crippen molar-refractivity contribution in [3.05, 3.63) is 33.0 Å². The fraction of sp³-hybridized carbons (Fsp3) is 0.571. The van der Waals surface area contributed by atoms with Gasteiger partial charge in [-0.3, -0.25) is 0 Å². The van der Waals surface area contributed by atoms with Crippen LogP contribution in [0.3, 0.4) is 0 Å². The van der Waals surface area contributed by atoms with Gasteiger partial charge in [0.05, 0.1) is 16.6 Å². The summed E-state index contributed by atoms with van der Waals surface area (Å²) in [6.45, 7) is 9.77. The van der Waals surface area contributed by atoms with E-state index < -0.39 is 0 Å². The van der Waals surface area contributed by atoms with Crippen LogP contribution in [0.2, 0.25) is 0 Å². The molecule has 19 heavy (non-hydrogen) atoms. The first-order valence-corrected chi connectivity index (χ1v) is 8.34. The molecule has 0 spiro atoms. The molecule has 104 valence electrons. The molecule has 2 aromatic rings. The van der Waals surface area contributed by atoms with Crippen molar-refractivity contribution in [1.29, 1.82) is 0 Å². The Hall–Kier alpha value is -0.780. The molecule has 2 heterocycles. The maximum Gasteiger partial charge on any atom is 0.0860 e. The van der Waals surface area contributed by atoms with E-state index in [2.05, 4.69) is 59.4 Å². The molecule has 5 heteroatoms. The molecule has 0 amide bonds. The van der Waals surface area contributed by atoms with Gasteiger partial charge in [-0.05, 0) is 46.9 Å². The number of hydrogen-bond acceptors (Lipinski definition) is 5. The minimum Gasteiger partial charge on any atom is -0.305 e. The van der Waals surface area contributed by atoms with E-state index in [-0.39, 0.29) is 11.5 Å². The minimum absolute atomic E-state index is 0.0322. The predicted molar refractivity (Wildman–Crippen MR) is 83.1 cm³/mol. The summed E-state index contributed by atoms with van der Waals surface area (Å²) in [4.78, 5) is 1.25. The summed E-state index contributed by atoms with van der Waals surface area (Å²) in [6.07, 6.45) is 1.12. The molecular weight excluding hydrogens is 274 g/mol. The van der Waals surface area contributed by atoms with Crippen molar-refractivity contribution in [2.75, 3.05) is 6.54 Å². The monoisotopic (exact) mass is 295 g/mol. The lowest BCUT2D eigenvalue weighted by molar-refractivity contribution is 0.538. The molecule has 0 aromatic carbocycles. The maximum atomic E-state index is 4.36. The second-order valence-electron chi connectivity index (χ2n) is 5.68. The van der Waals surface area contributed by atoms with Crippen molar-refractivity contribution < 1.29 is 0 Å². The van der Waals surface area contributed by atoms with Crippen LogP contribution in [0.5, 0.6) is 0 Å². The van der Waals surface area contributed by atoms with E-state index >= 15 is 0 Å². The smallest absolute Gasteiger partial charge is 0.0860 e. The van der Waals surface area contributed by atoms with Gasteiger partial charge in [-0.25, -0.2) is 0 Å². The molecule has 0 aliphatic rings. The summed E-state index contributed by atoms with van der Waals surface area (Å²) in [5.74, 6) is 0. The maximum absolute atomic E-state index is 4.36. The highest BCUT2D eigenvalue weighted by molar-refractivity contribution is 7.08. The molecule has 1 N–H and O–H groups in total. The van der Waals surface area contributed by atoms with Gasteiger partial charge in [-0.15, -0.1) is 5.10 Å². The van der Waals surface area contributed by atoms with E-state index in [1.807, 2.05) is 0 Å². The quantitative estimate of drug-likeness (QED) is 0.906. The fourth-order valence-corrected chi connectivity index (χ4v) is 3.65. The van der Waals surface area contributed by atoms with E-state index in [1.54, 1.807) is 11.3 Å². The number of thiophene rings is 1. The first kappa shape index (κ1) is 14.6. The van der Waals surface area contributed by atoms with Crippen LogP contribution in [0.1, 0.15) is 56.3 Å². The largest absolute Gasteiger partial charge is 0.305 e. The normalized spacial score (nSPS) is 13.7. The van der Waals surface area contributed by atoms with Gasteiger partial charge in [-0.2, -0.15) is 11.3 Å². The van der Waals surface area contributed by atoms with Crippen molar-refractivity contribution in [1.82, 2.24) is 14.9 Å². The van der Waals surface area contributed by atoms with Gasteiger partial charge >= 0.3 is 0 Å². The lowest BCUT2D eigenvalue weighted by Gasteiger charge is -2.22. The lowest BCUT2D eigenvalue weighted by atomic mass is 9.89. The molecule has 1 atom stereocenters. The SMILES string of the molecule is CCCNC(c1ccsc1)c1snnc1C(C)(C)C. The molecule has 3 nitrogen and oxygen atoms in total. The average Bonchev–Trinajstić information content (AvgIpc) is 2.99. The molecule has 2 aromatic heterocycles. The molecule has 0 saturated carbocycles. The Morgan fingerprint density at radius 2 is 2.16 bits per heavy atom. The van der Waals surface area contributed by atoms with Crippen LogP contribution in [0.4, 0.5) is 0 Å². The third kappa shape index (κ3) is 3.41. The molecule has 0 fully saturated rings. The van der Waals surface area contributed by atoms with Crippen molar-refractivity contribution >= 4 is 22.9 Å². The predicted octanol–water partition coefficient (Wildman–Crippen LogP) is 3.99. The van der Waals surface area contributed by atoms with E-state index in [4.69, 9.17) is 0 Å². The van der Waals surface area contributed by atoms with Crippen molar-refractivity contribution in [2.24, 2.45) is 0 Å². The van der Waals surface area contributed by atoms with Crippen LogP contribution in [-0.2, 0) is 5.41 Å². The topological polar surface area (TPSA) is 37.8 Å². The molecule has 0 bridgehead atoms. The van der Waals surface area contributed by atoms with Gasteiger partial charge in [-0.1, -0.05) is 32.2 Å². The molecule has 1 unspecified atom stereocenters. The van der Waals surface area contributed by atoms with Crippen LogP contribution in [-0.4, -0.2) is 16.1 Å². The Morgan fingerprint density at radius 1 is 1.37 bits per heavy atom. The van der Waals surface area contributed by atoms with Gasteiger partial charge in [0.15, 0.2) is 0 Å². The highest BCUT2D eigenvalue weighted by Gasteiger charge is 2.28. The Labute approximate surface area is 123 Å². The number of nitrogens with one attached hydrogen (secondary N) is 1. The van der Waals surface area contributed by atoms with Gasteiger partial charge in [0.2, 0.25) is 0 Å². The van der Waals surface area contributed by atoms with Crippen molar-refractivity contribution in [3.63, 3.8) is 0 Å². The first-order valence-electron chi connectivity index (χ1n) is 6.62. The van der Waals surface area contributed by atoms with Gasteiger partial charge in [0.1, 0.15) is 0 Å². The number of rotatable bonds is 5. The summed E-state index contributed by atoms with van der Waals surface area (Å²) >= 11 is 3.25. The van der Waals surface area contributed by atoms with E-state index in [9.17, 15) is 0 Å². The molecule has 0 saturated heterocycles. The summed E-state index contributed by atoms with van der Waals surface area (Å²) in [5, 5.41) is 12.3. The number of hydrogen-bond donors (Lipinski definition) is 1. The van der Waals surface area contributed by atoms with E-state index in [0.29, 0.717) is 0 Å². The second-order valence-corrected chi connectivity index (χ2v) is 7.25. The molecule has 0 aliphatic heterocycles. The van der Waals surface area contributed by atoms with Crippen LogP contribution < -0.4 is 5.32 Å².